The molecule has 5 fully saturated rings. The maximum Gasteiger partial charge on any atom is 0.272 e. The predicted octanol–water partition coefficient (Wildman–Crippen LogP) is 3.00. The quantitative estimate of drug-likeness (QED) is 0.829. The molecule has 4 aliphatic carbocycles. The molecule has 6 heteroatoms. The molecule has 1 aromatic heterocycles. The molecule has 2 heterocycles. The van der Waals surface area contributed by atoms with Gasteiger partial charge in [0.2, 0.25) is 5.91 Å². The Morgan fingerprint density at radius 3 is 2.23 bits per heavy atom. The van der Waals surface area contributed by atoms with E-state index in [9.17, 15) is 9.59 Å². The second-order valence-electron chi connectivity index (χ2n) is 10.5. The minimum atomic E-state index is -0.366. The lowest BCUT2D eigenvalue weighted by Crippen LogP contribution is -2.60. The summed E-state index contributed by atoms with van der Waals surface area (Å²) in [5.74, 6) is 3.55. The highest BCUT2D eigenvalue weighted by Gasteiger charge is 2.50. The lowest BCUT2D eigenvalue weighted by Gasteiger charge is -2.58. The molecule has 2 aromatic rings. The summed E-state index contributed by atoms with van der Waals surface area (Å²) in [6.45, 7) is 5.50. The van der Waals surface area contributed by atoms with E-state index in [1.165, 1.54) is 32.1 Å². The standard InChI is InChI=1S/C25H32N4O2/c1-15(22-20-4-2-3-5-21(20)24(30)27-26-22)25(31)29-8-6-28(7-9-29)23-18-11-16-10-17(13-18)14-19(23)12-16/h2-5,15-19,23H,6-14H2,1H3,(H,27,30). The molecule has 1 atom stereocenters. The average Bonchev–Trinajstić information content (AvgIpc) is 2.78. The fourth-order valence-electron chi connectivity index (χ4n) is 7.59. The summed E-state index contributed by atoms with van der Waals surface area (Å²) in [6, 6.07) is 8.18. The molecule has 6 nitrogen and oxygen atoms in total. The molecule has 31 heavy (non-hydrogen) atoms. The van der Waals surface area contributed by atoms with Crippen molar-refractivity contribution in [1.82, 2.24) is 20.0 Å². The summed E-state index contributed by atoms with van der Waals surface area (Å²) < 4.78 is 0. The monoisotopic (exact) mass is 420 g/mol. The van der Waals surface area contributed by atoms with E-state index in [1.807, 2.05) is 30.0 Å². The minimum absolute atomic E-state index is 0.120. The molecule has 164 valence electrons. The number of hydrogen-bond acceptors (Lipinski definition) is 4. The summed E-state index contributed by atoms with van der Waals surface area (Å²) in [6.07, 6.45) is 7.27. The first-order valence-electron chi connectivity index (χ1n) is 12.1. The molecule has 1 amide bonds. The van der Waals surface area contributed by atoms with E-state index in [0.29, 0.717) is 11.1 Å². The summed E-state index contributed by atoms with van der Waals surface area (Å²) in [7, 11) is 0. The number of aromatic nitrogens is 2. The summed E-state index contributed by atoms with van der Waals surface area (Å²) >= 11 is 0. The molecule has 7 rings (SSSR count). The van der Waals surface area contributed by atoms with Crippen molar-refractivity contribution in [2.45, 2.75) is 51.0 Å². The van der Waals surface area contributed by atoms with Crippen molar-refractivity contribution in [3.63, 3.8) is 0 Å². The summed E-state index contributed by atoms with van der Waals surface area (Å²) in [4.78, 5) is 30.2. The van der Waals surface area contributed by atoms with Crippen molar-refractivity contribution >= 4 is 16.7 Å². The number of aromatic amines is 1. The van der Waals surface area contributed by atoms with E-state index in [2.05, 4.69) is 15.1 Å². The zero-order chi connectivity index (χ0) is 21.1. The zero-order valence-electron chi connectivity index (χ0n) is 18.3. The number of H-pyrrole nitrogens is 1. The third-order valence-electron chi connectivity index (χ3n) is 8.73. The molecule has 0 radical (unpaired) electrons. The summed E-state index contributed by atoms with van der Waals surface area (Å²) in [5.41, 5.74) is 0.465. The van der Waals surface area contributed by atoms with Gasteiger partial charge in [-0.25, -0.2) is 5.10 Å². The fourth-order valence-corrected chi connectivity index (χ4v) is 7.59. The zero-order valence-corrected chi connectivity index (χ0v) is 18.3. The minimum Gasteiger partial charge on any atom is -0.340 e. The van der Waals surface area contributed by atoms with E-state index in [0.717, 1.165) is 61.3 Å². The SMILES string of the molecule is CC(C(=O)N1CCN(C2C3CC4CC(C3)CC2C4)CC1)c1n[nH]c(=O)c2ccccc12. The van der Waals surface area contributed by atoms with Gasteiger partial charge in [-0.15, -0.1) is 0 Å². The van der Waals surface area contributed by atoms with Crippen molar-refractivity contribution in [2.24, 2.45) is 23.7 Å². The number of benzene rings is 1. The number of piperazine rings is 1. The van der Waals surface area contributed by atoms with Crippen LogP contribution in [0.2, 0.25) is 0 Å². The number of nitrogens with one attached hydrogen (secondary N) is 1. The second kappa shape index (κ2) is 7.44. The van der Waals surface area contributed by atoms with E-state index in [1.54, 1.807) is 6.07 Å². The molecule has 1 saturated heterocycles. The molecular formula is C25H32N4O2. The largest absolute Gasteiger partial charge is 0.340 e. The van der Waals surface area contributed by atoms with Gasteiger partial charge in [-0.1, -0.05) is 18.2 Å². The Kier molecular flexibility index (Phi) is 4.67. The molecular weight excluding hydrogens is 388 g/mol. The molecule has 4 saturated carbocycles. The molecule has 1 aliphatic heterocycles. The Balaban J connectivity index is 1.15. The highest BCUT2D eigenvalue weighted by atomic mass is 16.2. The first kappa shape index (κ1) is 19.5. The van der Waals surface area contributed by atoms with Crippen molar-refractivity contribution in [3.8, 4) is 0 Å². The average molecular weight is 421 g/mol. The Morgan fingerprint density at radius 1 is 0.968 bits per heavy atom. The van der Waals surface area contributed by atoms with Crippen LogP contribution in [0.5, 0.6) is 0 Å². The lowest BCUT2D eigenvalue weighted by atomic mass is 9.54. The van der Waals surface area contributed by atoms with Gasteiger partial charge in [-0.05, 0) is 68.8 Å². The van der Waals surface area contributed by atoms with Gasteiger partial charge >= 0.3 is 0 Å². The molecule has 4 bridgehead atoms. The topological polar surface area (TPSA) is 69.3 Å². The highest BCUT2D eigenvalue weighted by Crippen LogP contribution is 2.55. The number of carbonyl (C=O) groups is 1. The number of hydrogen-bond donors (Lipinski definition) is 1. The number of carbonyl (C=O) groups excluding carboxylic acids is 1. The van der Waals surface area contributed by atoms with Crippen LogP contribution < -0.4 is 5.56 Å². The van der Waals surface area contributed by atoms with Gasteiger partial charge in [0, 0.05) is 37.6 Å². The van der Waals surface area contributed by atoms with Crippen molar-refractivity contribution in [1.29, 1.82) is 0 Å². The number of nitrogens with zero attached hydrogens (tertiary/aromatic N) is 3. The van der Waals surface area contributed by atoms with Crippen LogP contribution in [-0.4, -0.2) is 58.1 Å². The van der Waals surface area contributed by atoms with E-state index < -0.39 is 0 Å². The van der Waals surface area contributed by atoms with E-state index in [4.69, 9.17) is 0 Å². The number of fused-ring (bicyclic) bond motifs is 1. The van der Waals surface area contributed by atoms with E-state index >= 15 is 0 Å². The van der Waals surface area contributed by atoms with Crippen LogP contribution in [-0.2, 0) is 4.79 Å². The van der Waals surface area contributed by atoms with Crippen LogP contribution in [0.3, 0.4) is 0 Å². The molecule has 1 N–H and O–H groups in total. The lowest BCUT2D eigenvalue weighted by molar-refractivity contribution is -0.136. The fraction of sp³-hybridized carbons (Fsp3) is 0.640. The highest BCUT2D eigenvalue weighted by molar-refractivity contribution is 5.91. The first-order chi connectivity index (χ1) is 15.1. The van der Waals surface area contributed by atoms with Crippen molar-refractivity contribution in [3.05, 3.63) is 40.3 Å². The Morgan fingerprint density at radius 2 is 1.58 bits per heavy atom. The number of rotatable bonds is 3. The van der Waals surface area contributed by atoms with Crippen molar-refractivity contribution in [2.75, 3.05) is 26.2 Å². The molecule has 5 aliphatic rings. The predicted molar refractivity (Wildman–Crippen MR) is 120 cm³/mol. The van der Waals surface area contributed by atoms with Crippen LogP contribution in [0.4, 0.5) is 0 Å². The van der Waals surface area contributed by atoms with Crippen LogP contribution >= 0.6 is 0 Å². The van der Waals surface area contributed by atoms with Gasteiger partial charge in [-0.3, -0.25) is 14.5 Å². The van der Waals surface area contributed by atoms with Crippen molar-refractivity contribution < 1.29 is 4.79 Å². The maximum absolute atomic E-state index is 13.3. The van der Waals surface area contributed by atoms with E-state index in [-0.39, 0.29) is 17.4 Å². The summed E-state index contributed by atoms with van der Waals surface area (Å²) in [5, 5.41) is 8.22. The van der Waals surface area contributed by atoms with Gasteiger partial charge in [0.15, 0.2) is 0 Å². The Hall–Kier alpha value is -2.21. The number of amides is 1. The van der Waals surface area contributed by atoms with Crippen LogP contribution in [0.1, 0.15) is 50.6 Å². The molecule has 0 spiro atoms. The van der Waals surface area contributed by atoms with Crippen LogP contribution in [0.25, 0.3) is 10.8 Å². The smallest absolute Gasteiger partial charge is 0.272 e. The second-order valence-corrected chi connectivity index (χ2v) is 10.5. The maximum atomic E-state index is 13.3. The van der Waals surface area contributed by atoms with Gasteiger partial charge in [0.25, 0.3) is 5.56 Å². The van der Waals surface area contributed by atoms with Gasteiger partial charge in [0.05, 0.1) is 17.0 Å². The molecule has 1 unspecified atom stereocenters. The van der Waals surface area contributed by atoms with Gasteiger partial charge in [0.1, 0.15) is 0 Å². The normalized spacial score (nSPS) is 33.7. The third-order valence-corrected chi connectivity index (χ3v) is 8.73. The third kappa shape index (κ3) is 3.22. The van der Waals surface area contributed by atoms with Gasteiger partial charge in [-0.2, -0.15) is 5.10 Å². The Labute approximate surface area is 183 Å². The Bertz CT molecular complexity index is 1030. The first-order valence-corrected chi connectivity index (χ1v) is 12.1. The van der Waals surface area contributed by atoms with Crippen LogP contribution in [0.15, 0.2) is 29.1 Å². The van der Waals surface area contributed by atoms with Crippen LogP contribution in [0, 0.1) is 23.7 Å². The molecule has 1 aromatic carbocycles. The van der Waals surface area contributed by atoms with Gasteiger partial charge < -0.3 is 4.90 Å².